The van der Waals surface area contributed by atoms with Crippen molar-refractivity contribution >= 4 is 35.4 Å². The molecule has 118 valence electrons. The Hall–Kier alpha value is -2.34. The third-order valence-corrected chi connectivity index (χ3v) is 3.00. The zero-order valence-electron chi connectivity index (χ0n) is 12.4. The molecule has 0 aliphatic heterocycles. The molecule has 22 heavy (non-hydrogen) atoms. The van der Waals surface area contributed by atoms with Crippen LogP contribution in [0.4, 0.5) is 5.69 Å². The number of esters is 2. The number of hydrogen-bond acceptors (Lipinski definition) is 6. The summed E-state index contributed by atoms with van der Waals surface area (Å²) < 4.78 is 9.42. The molecule has 0 unspecified atom stereocenters. The van der Waals surface area contributed by atoms with Gasteiger partial charge in [-0.3, -0.25) is 4.99 Å². The first kappa shape index (κ1) is 17.7. The molecule has 0 spiro atoms. The summed E-state index contributed by atoms with van der Waals surface area (Å²) in [5.41, 5.74) is 0.315. The Kier molecular flexibility index (Phi) is 6.59. The fraction of sp³-hybridized carbons (Fsp3) is 0.267. The highest BCUT2D eigenvalue weighted by molar-refractivity contribution is 6.36. The normalized spacial score (nSPS) is 12.0. The minimum atomic E-state index is -0.702. The molecule has 6 nitrogen and oxygen atoms in total. The highest BCUT2D eigenvalue weighted by Crippen LogP contribution is 2.29. The second kappa shape index (κ2) is 8.19. The van der Waals surface area contributed by atoms with Crippen LogP contribution in [0, 0.1) is 0 Å². The maximum Gasteiger partial charge on any atom is 0.343 e. The van der Waals surface area contributed by atoms with Crippen molar-refractivity contribution in [3.63, 3.8) is 0 Å². The van der Waals surface area contributed by atoms with Crippen LogP contribution in [0.1, 0.15) is 24.2 Å². The van der Waals surface area contributed by atoms with Gasteiger partial charge in [0.1, 0.15) is 11.3 Å². The summed E-state index contributed by atoms with van der Waals surface area (Å²) in [6, 6.07) is 4.62. The first-order valence-electron chi connectivity index (χ1n) is 6.40. The van der Waals surface area contributed by atoms with Crippen molar-refractivity contribution in [1.82, 2.24) is 0 Å². The van der Waals surface area contributed by atoms with Crippen LogP contribution in [-0.2, 0) is 14.3 Å². The topological polar surface area (TPSA) is 85.2 Å². The average Bonchev–Trinajstić information content (AvgIpc) is 2.48. The molecule has 0 saturated carbocycles. The van der Waals surface area contributed by atoms with Crippen molar-refractivity contribution in [2.45, 2.75) is 13.8 Å². The van der Waals surface area contributed by atoms with Crippen LogP contribution >= 0.6 is 11.6 Å². The van der Waals surface area contributed by atoms with Gasteiger partial charge in [0.2, 0.25) is 0 Å². The number of ether oxygens (including phenoxy) is 2. The highest BCUT2D eigenvalue weighted by Gasteiger charge is 2.15. The Morgan fingerprint density at radius 3 is 2.64 bits per heavy atom. The highest BCUT2D eigenvalue weighted by atomic mass is 35.5. The second-order valence-electron chi connectivity index (χ2n) is 4.11. The Bertz CT molecular complexity index is 633. The van der Waals surface area contributed by atoms with Gasteiger partial charge in [-0.15, -0.1) is 0 Å². The van der Waals surface area contributed by atoms with E-state index in [9.17, 15) is 14.7 Å². The van der Waals surface area contributed by atoms with Gasteiger partial charge in [0, 0.05) is 6.21 Å². The summed E-state index contributed by atoms with van der Waals surface area (Å²) in [7, 11) is 1.24. The summed E-state index contributed by atoms with van der Waals surface area (Å²) in [6.45, 7) is 3.16. The Balaban J connectivity index is 3.15. The van der Waals surface area contributed by atoms with Gasteiger partial charge < -0.3 is 14.6 Å². The van der Waals surface area contributed by atoms with Crippen LogP contribution in [0.3, 0.4) is 0 Å². The van der Waals surface area contributed by atoms with Gasteiger partial charge in [0.05, 0.1) is 30.0 Å². The maximum absolute atomic E-state index is 11.7. The lowest BCUT2D eigenvalue weighted by Crippen LogP contribution is -2.10. The number of methoxy groups -OCH3 is 1. The first-order valence-corrected chi connectivity index (χ1v) is 6.78. The van der Waals surface area contributed by atoms with Crippen LogP contribution in [-0.4, -0.2) is 37.0 Å². The number of halogens is 1. The second-order valence-corrected chi connectivity index (χ2v) is 4.49. The number of allylic oxidation sites excluding steroid dienone is 1. The van der Waals surface area contributed by atoms with Crippen molar-refractivity contribution in [3.05, 3.63) is 40.1 Å². The Labute approximate surface area is 133 Å². The van der Waals surface area contributed by atoms with E-state index in [4.69, 9.17) is 16.3 Å². The number of rotatable bonds is 5. The van der Waals surface area contributed by atoms with Gasteiger partial charge in [0.15, 0.2) is 0 Å². The fourth-order valence-corrected chi connectivity index (χ4v) is 1.78. The molecule has 0 atom stereocenters. The molecule has 1 aromatic carbocycles. The van der Waals surface area contributed by atoms with E-state index in [1.807, 2.05) is 0 Å². The molecule has 1 rings (SSSR count). The molecule has 7 heteroatoms. The van der Waals surface area contributed by atoms with Gasteiger partial charge >= 0.3 is 11.9 Å². The average molecular weight is 326 g/mol. The number of aliphatic hydroxyl groups is 1. The molecule has 0 heterocycles. The van der Waals surface area contributed by atoms with Crippen molar-refractivity contribution < 1.29 is 24.2 Å². The van der Waals surface area contributed by atoms with E-state index < -0.39 is 11.9 Å². The van der Waals surface area contributed by atoms with E-state index in [1.165, 1.54) is 20.1 Å². The molecule has 0 saturated heterocycles. The summed E-state index contributed by atoms with van der Waals surface area (Å²) in [6.07, 6.45) is 1.13. The number of carbonyl (C=O) groups excluding carboxylic acids is 2. The monoisotopic (exact) mass is 325 g/mol. The van der Waals surface area contributed by atoms with E-state index in [0.717, 1.165) is 6.21 Å². The van der Waals surface area contributed by atoms with E-state index in [2.05, 4.69) is 9.73 Å². The predicted molar refractivity (Wildman–Crippen MR) is 82.9 cm³/mol. The molecular formula is C15H16ClNO5. The fourth-order valence-electron chi connectivity index (χ4n) is 1.52. The molecule has 0 radical (unpaired) electrons. The molecule has 1 N–H and O–H groups in total. The standard InChI is InChI=1S/C15H16ClNO5/c1-4-22-15(20)11(9(2)18)8-17-12-7-5-6-10(13(12)16)14(19)21-3/h5-8,18H,4H2,1-3H3. The van der Waals surface area contributed by atoms with E-state index >= 15 is 0 Å². The number of aliphatic hydroxyl groups excluding tert-OH is 1. The summed E-state index contributed by atoms with van der Waals surface area (Å²) >= 11 is 6.08. The smallest absolute Gasteiger partial charge is 0.343 e. The lowest BCUT2D eigenvalue weighted by atomic mass is 10.2. The number of benzene rings is 1. The third kappa shape index (κ3) is 4.33. The van der Waals surface area contributed by atoms with Crippen molar-refractivity contribution in [2.75, 3.05) is 13.7 Å². The number of carbonyl (C=O) groups is 2. The minimum Gasteiger partial charge on any atom is -0.512 e. The third-order valence-electron chi connectivity index (χ3n) is 2.60. The van der Waals surface area contributed by atoms with Crippen LogP contribution in [0.25, 0.3) is 0 Å². The summed E-state index contributed by atoms with van der Waals surface area (Å²) in [5.74, 6) is -1.53. The molecule has 0 aromatic heterocycles. The van der Waals surface area contributed by atoms with Crippen LogP contribution in [0.5, 0.6) is 0 Å². The molecule has 0 aliphatic rings. The molecule has 0 aliphatic carbocycles. The van der Waals surface area contributed by atoms with Crippen molar-refractivity contribution in [2.24, 2.45) is 4.99 Å². The van der Waals surface area contributed by atoms with Gasteiger partial charge in [-0.2, -0.15) is 0 Å². The Morgan fingerprint density at radius 1 is 1.41 bits per heavy atom. The summed E-state index contributed by atoms with van der Waals surface area (Å²) in [5, 5.41) is 9.61. The van der Waals surface area contributed by atoms with Gasteiger partial charge in [-0.05, 0) is 26.0 Å². The zero-order valence-corrected chi connectivity index (χ0v) is 13.2. The number of aliphatic imine (C=N–C) groups is 1. The van der Waals surface area contributed by atoms with Gasteiger partial charge in [0.25, 0.3) is 0 Å². The van der Waals surface area contributed by atoms with Gasteiger partial charge in [-0.25, -0.2) is 9.59 Å². The SMILES string of the molecule is CCOC(=O)C(C=Nc1cccc(C(=O)OC)c1Cl)=C(C)O. The molecule has 1 aromatic rings. The van der Waals surface area contributed by atoms with Crippen LogP contribution in [0.15, 0.2) is 34.5 Å². The molecular weight excluding hydrogens is 310 g/mol. The van der Waals surface area contributed by atoms with E-state index in [0.29, 0.717) is 0 Å². The zero-order chi connectivity index (χ0) is 16.7. The van der Waals surface area contributed by atoms with Crippen LogP contribution < -0.4 is 0 Å². The van der Waals surface area contributed by atoms with Crippen molar-refractivity contribution in [1.29, 1.82) is 0 Å². The molecule has 0 bridgehead atoms. The lowest BCUT2D eigenvalue weighted by molar-refractivity contribution is -0.138. The summed E-state index contributed by atoms with van der Waals surface area (Å²) in [4.78, 5) is 27.2. The largest absolute Gasteiger partial charge is 0.512 e. The molecule has 0 amide bonds. The Morgan fingerprint density at radius 2 is 2.09 bits per heavy atom. The quantitative estimate of drug-likeness (QED) is 0.389. The van der Waals surface area contributed by atoms with Crippen molar-refractivity contribution in [3.8, 4) is 0 Å². The first-order chi connectivity index (χ1) is 10.4. The van der Waals surface area contributed by atoms with Crippen LogP contribution in [0.2, 0.25) is 5.02 Å². The predicted octanol–water partition coefficient (Wildman–Crippen LogP) is 3.22. The number of nitrogens with zero attached hydrogens (tertiary/aromatic N) is 1. The minimum absolute atomic E-state index is 0.0874. The maximum atomic E-state index is 11.7. The molecule has 0 fully saturated rings. The van der Waals surface area contributed by atoms with E-state index in [-0.39, 0.29) is 34.2 Å². The van der Waals surface area contributed by atoms with E-state index in [1.54, 1.807) is 19.1 Å². The van der Waals surface area contributed by atoms with Gasteiger partial charge in [-0.1, -0.05) is 17.7 Å². The lowest BCUT2D eigenvalue weighted by Gasteiger charge is -2.05. The number of hydrogen-bond donors (Lipinski definition) is 1.